The molecule has 0 aliphatic heterocycles. The molecule has 1 rings (SSSR count). The molecule has 0 aromatic carbocycles. The molecule has 0 aliphatic rings. The van der Waals surface area contributed by atoms with Crippen LogP contribution in [0.5, 0.6) is 0 Å². The second-order valence-electron chi connectivity index (χ2n) is 2.64. The predicted molar refractivity (Wildman–Crippen MR) is 50.6 cm³/mol. The molecule has 0 bridgehead atoms. The molecular formula is C11H13N. The van der Waals surface area contributed by atoms with Crippen molar-refractivity contribution < 1.29 is 0 Å². The highest BCUT2D eigenvalue weighted by Gasteiger charge is 1.81. The van der Waals surface area contributed by atoms with Crippen molar-refractivity contribution in [2.24, 2.45) is 0 Å². The minimum absolute atomic E-state index is 0.999. The van der Waals surface area contributed by atoms with Gasteiger partial charge in [0.05, 0.1) is 0 Å². The van der Waals surface area contributed by atoms with Crippen LogP contribution in [0.1, 0.15) is 31.7 Å². The summed E-state index contributed by atoms with van der Waals surface area (Å²) in [4.78, 5) is 3.92. The van der Waals surface area contributed by atoms with Crippen molar-refractivity contribution in [3.8, 4) is 11.8 Å². The Hall–Kier alpha value is -1.29. The molecule has 0 aliphatic carbocycles. The van der Waals surface area contributed by atoms with E-state index in [0.717, 1.165) is 12.0 Å². The molecular weight excluding hydrogens is 146 g/mol. The third kappa shape index (κ3) is 3.21. The minimum atomic E-state index is 0.999. The van der Waals surface area contributed by atoms with E-state index in [4.69, 9.17) is 0 Å². The molecule has 0 atom stereocenters. The predicted octanol–water partition coefficient (Wildman–Crippen LogP) is 2.62. The maximum absolute atomic E-state index is 3.92. The Morgan fingerprint density at radius 1 is 1.33 bits per heavy atom. The molecule has 0 amide bonds. The molecule has 0 unspecified atom stereocenters. The number of unbranched alkanes of at least 4 members (excludes halogenated alkanes) is 2. The van der Waals surface area contributed by atoms with Gasteiger partial charge in [0.2, 0.25) is 0 Å². The SMILES string of the molecule is CCCCC#Cc1ccncc1. The van der Waals surface area contributed by atoms with Gasteiger partial charge in [0, 0.05) is 24.4 Å². The Labute approximate surface area is 73.8 Å². The molecule has 0 spiro atoms. The van der Waals surface area contributed by atoms with Gasteiger partial charge in [-0.1, -0.05) is 25.2 Å². The molecule has 0 N–H and O–H groups in total. The van der Waals surface area contributed by atoms with Crippen molar-refractivity contribution >= 4 is 0 Å². The molecule has 0 fully saturated rings. The summed E-state index contributed by atoms with van der Waals surface area (Å²) in [6.07, 6.45) is 6.94. The summed E-state index contributed by atoms with van der Waals surface area (Å²) in [6, 6.07) is 3.86. The monoisotopic (exact) mass is 159 g/mol. The first kappa shape index (κ1) is 8.80. The van der Waals surface area contributed by atoms with E-state index in [9.17, 15) is 0 Å². The van der Waals surface area contributed by atoms with E-state index >= 15 is 0 Å². The largest absolute Gasteiger partial charge is 0.265 e. The standard InChI is InChI=1S/C11H13N/c1-2-3-4-5-6-11-7-9-12-10-8-11/h7-10H,2-4H2,1H3. The first-order valence-corrected chi connectivity index (χ1v) is 4.32. The highest BCUT2D eigenvalue weighted by Crippen LogP contribution is 1.94. The van der Waals surface area contributed by atoms with Crippen LogP contribution in [-0.2, 0) is 0 Å². The van der Waals surface area contributed by atoms with Crippen LogP contribution in [0.4, 0.5) is 0 Å². The maximum Gasteiger partial charge on any atom is 0.0280 e. The van der Waals surface area contributed by atoms with Gasteiger partial charge in [0.15, 0.2) is 0 Å². The smallest absolute Gasteiger partial charge is 0.0280 e. The number of aromatic nitrogens is 1. The van der Waals surface area contributed by atoms with Crippen molar-refractivity contribution in [1.29, 1.82) is 0 Å². The number of pyridine rings is 1. The summed E-state index contributed by atoms with van der Waals surface area (Å²) in [5, 5.41) is 0. The summed E-state index contributed by atoms with van der Waals surface area (Å²) < 4.78 is 0. The fourth-order valence-corrected chi connectivity index (χ4v) is 0.865. The molecule has 1 heteroatoms. The van der Waals surface area contributed by atoms with Crippen LogP contribution in [0, 0.1) is 11.8 Å². The van der Waals surface area contributed by atoms with Gasteiger partial charge in [-0.25, -0.2) is 0 Å². The highest BCUT2D eigenvalue weighted by molar-refractivity contribution is 5.31. The van der Waals surface area contributed by atoms with Crippen LogP contribution in [-0.4, -0.2) is 4.98 Å². The van der Waals surface area contributed by atoms with Gasteiger partial charge >= 0.3 is 0 Å². The second kappa shape index (κ2) is 5.37. The first-order chi connectivity index (χ1) is 5.93. The fraction of sp³-hybridized carbons (Fsp3) is 0.364. The van der Waals surface area contributed by atoms with Gasteiger partial charge < -0.3 is 0 Å². The highest BCUT2D eigenvalue weighted by atomic mass is 14.6. The molecule has 0 radical (unpaired) electrons. The lowest BCUT2D eigenvalue weighted by Crippen LogP contribution is -1.74. The molecule has 1 heterocycles. The Bertz CT molecular complexity index is 266. The molecule has 12 heavy (non-hydrogen) atoms. The van der Waals surface area contributed by atoms with Crippen molar-refractivity contribution in [3.05, 3.63) is 30.1 Å². The maximum atomic E-state index is 3.92. The Balaban J connectivity index is 2.44. The normalized spacial score (nSPS) is 8.75. The Kier molecular flexibility index (Phi) is 3.94. The summed E-state index contributed by atoms with van der Waals surface area (Å²) in [7, 11) is 0. The lowest BCUT2D eigenvalue weighted by atomic mass is 10.2. The zero-order valence-corrected chi connectivity index (χ0v) is 7.38. The van der Waals surface area contributed by atoms with Crippen LogP contribution >= 0.6 is 0 Å². The van der Waals surface area contributed by atoms with Crippen LogP contribution in [0.25, 0.3) is 0 Å². The Morgan fingerprint density at radius 3 is 2.75 bits per heavy atom. The van der Waals surface area contributed by atoms with Gasteiger partial charge in [0.25, 0.3) is 0 Å². The molecule has 62 valence electrons. The summed E-state index contributed by atoms with van der Waals surface area (Å²) in [6.45, 7) is 2.17. The van der Waals surface area contributed by atoms with Gasteiger partial charge in [-0.3, -0.25) is 4.98 Å². The van der Waals surface area contributed by atoms with E-state index < -0.39 is 0 Å². The zero-order chi connectivity index (χ0) is 8.65. The average Bonchev–Trinajstić information content (AvgIpc) is 2.14. The minimum Gasteiger partial charge on any atom is -0.265 e. The van der Waals surface area contributed by atoms with Gasteiger partial charge in [-0.2, -0.15) is 0 Å². The van der Waals surface area contributed by atoms with E-state index in [0.29, 0.717) is 0 Å². The topological polar surface area (TPSA) is 12.9 Å². The van der Waals surface area contributed by atoms with E-state index in [-0.39, 0.29) is 0 Å². The van der Waals surface area contributed by atoms with E-state index in [1.165, 1.54) is 12.8 Å². The molecule has 1 nitrogen and oxygen atoms in total. The lowest BCUT2D eigenvalue weighted by molar-refractivity contribution is 0.828. The lowest BCUT2D eigenvalue weighted by Gasteiger charge is -1.86. The quantitative estimate of drug-likeness (QED) is 0.477. The van der Waals surface area contributed by atoms with E-state index in [2.05, 4.69) is 23.7 Å². The fourth-order valence-electron chi connectivity index (χ4n) is 0.865. The zero-order valence-electron chi connectivity index (χ0n) is 7.38. The summed E-state index contributed by atoms with van der Waals surface area (Å²) >= 11 is 0. The third-order valence-corrected chi connectivity index (χ3v) is 1.57. The molecule has 0 saturated carbocycles. The van der Waals surface area contributed by atoms with Gasteiger partial charge in [0.1, 0.15) is 0 Å². The summed E-state index contributed by atoms with van der Waals surface area (Å²) in [5.41, 5.74) is 1.06. The van der Waals surface area contributed by atoms with Crippen LogP contribution in [0.2, 0.25) is 0 Å². The average molecular weight is 159 g/mol. The molecule has 1 aromatic rings. The van der Waals surface area contributed by atoms with Crippen LogP contribution < -0.4 is 0 Å². The third-order valence-electron chi connectivity index (χ3n) is 1.57. The van der Waals surface area contributed by atoms with Crippen molar-refractivity contribution in [2.75, 3.05) is 0 Å². The number of hydrogen-bond donors (Lipinski definition) is 0. The molecule has 1 aromatic heterocycles. The number of nitrogens with zero attached hydrogens (tertiary/aromatic N) is 1. The van der Waals surface area contributed by atoms with Crippen LogP contribution in [0.3, 0.4) is 0 Å². The first-order valence-electron chi connectivity index (χ1n) is 4.32. The second-order valence-corrected chi connectivity index (χ2v) is 2.64. The number of rotatable bonds is 2. The number of hydrogen-bond acceptors (Lipinski definition) is 1. The summed E-state index contributed by atoms with van der Waals surface area (Å²) in [5.74, 6) is 6.21. The van der Waals surface area contributed by atoms with E-state index in [1.54, 1.807) is 12.4 Å². The van der Waals surface area contributed by atoms with E-state index in [1.807, 2.05) is 12.1 Å². The van der Waals surface area contributed by atoms with Gasteiger partial charge in [-0.05, 0) is 18.6 Å². The van der Waals surface area contributed by atoms with Crippen LogP contribution in [0.15, 0.2) is 24.5 Å². The van der Waals surface area contributed by atoms with Gasteiger partial charge in [-0.15, -0.1) is 0 Å². The van der Waals surface area contributed by atoms with Crippen molar-refractivity contribution in [1.82, 2.24) is 4.98 Å². The Morgan fingerprint density at radius 2 is 2.08 bits per heavy atom. The van der Waals surface area contributed by atoms with Crippen molar-refractivity contribution in [3.63, 3.8) is 0 Å². The van der Waals surface area contributed by atoms with Crippen molar-refractivity contribution in [2.45, 2.75) is 26.2 Å². The molecule has 0 saturated heterocycles.